The third kappa shape index (κ3) is 1.26. The summed E-state index contributed by atoms with van der Waals surface area (Å²) in [6.45, 7) is 0. The van der Waals surface area contributed by atoms with Crippen molar-refractivity contribution in [2.24, 2.45) is 0 Å². The van der Waals surface area contributed by atoms with E-state index in [-0.39, 0.29) is 17.4 Å². The van der Waals surface area contributed by atoms with E-state index in [0.717, 1.165) is 0 Å². The molecule has 0 unspecified atom stereocenters. The lowest BCUT2D eigenvalue weighted by Crippen LogP contribution is -1.91. The van der Waals surface area contributed by atoms with Gasteiger partial charge in [0.15, 0.2) is 11.6 Å². The molecule has 0 fully saturated rings. The number of nitrogens with two attached hydrogens (primary N) is 1. The Kier molecular flexibility index (Phi) is 1.55. The maximum atomic E-state index is 12.7. The Hall–Kier alpha value is -1.84. The third-order valence-electron chi connectivity index (χ3n) is 1.79. The van der Waals surface area contributed by atoms with Crippen molar-refractivity contribution >= 4 is 16.7 Å². The topological polar surface area (TPSA) is 59.1 Å². The maximum Gasteiger partial charge on any atom is 0.166 e. The second kappa shape index (κ2) is 2.58. The molecule has 0 aliphatic rings. The molecule has 4 heteroatoms. The van der Waals surface area contributed by atoms with Crippen molar-refractivity contribution < 1.29 is 9.50 Å². The molecule has 3 nitrogen and oxygen atoms in total. The molecule has 0 spiro atoms. The van der Waals surface area contributed by atoms with Gasteiger partial charge in [0.25, 0.3) is 0 Å². The first-order valence-corrected chi connectivity index (χ1v) is 3.71. The number of anilines is 1. The van der Waals surface area contributed by atoms with Crippen LogP contribution in [0.3, 0.4) is 0 Å². The van der Waals surface area contributed by atoms with Gasteiger partial charge in [0, 0.05) is 5.39 Å². The lowest BCUT2D eigenvalue weighted by molar-refractivity contribution is 0.477. The first kappa shape index (κ1) is 7.79. The van der Waals surface area contributed by atoms with Gasteiger partial charge in [-0.1, -0.05) is 0 Å². The summed E-state index contributed by atoms with van der Waals surface area (Å²) < 4.78 is 12.7. The van der Waals surface area contributed by atoms with Crippen molar-refractivity contribution in [2.45, 2.75) is 0 Å². The van der Waals surface area contributed by atoms with E-state index in [1.54, 1.807) is 0 Å². The van der Waals surface area contributed by atoms with Crippen molar-refractivity contribution in [2.75, 3.05) is 5.73 Å². The van der Waals surface area contributed by atoms with Gasteiger partial charge in [-0.2, -0.15) is 0 Å². The van der Waals surface area contributed by atoms with E-state index in [1.165, 1.54) is 24.3 Å². The van der Waals surface area contributed by atoms with E-state index in [9.17, 15) is 9.50 Å². The molecule has 0 atom stereocenters. The van der Waals surface area contributed by atoms with Gasteiger partial charge in [0.2, 0.25) is 0 Å². The number of aromatic nitrogens is 1. The van der Waals surface area contributed by atoms with E-state index >= 15 is 0 Å². The lowest BCUT2D eigenvalue weighted by atomic mass is 10.2. The van der Waals surface area contributed by atoms with Crippen LogP contribution >= 0.6 is 0 Å². The third-order valence-corrected chi connectivity index (χ3v) is 1.79. The van der Waals surface area contributed by atoms with Crippen molar-refractivity contribution in [3.63, 3.8) is 0 Å². The highest BCUT2D eigenvalue weighted by Gasteiger charge is 2.02. The summed E-state index contributed by atoms with van der Waals surface area (Å²) in [6, 6.07) is 5.49. The van der Waals surface area contributed by atoms with Gasteiger partial charge >= 0.3 is 0 Å². The zero-order valence-electron chi connectivity index (χ0n) is 6.66. The highest BCUT2D eigenvalue weighted by atomic mass is 19.1. The van der Waals surface area contributed by atoms with Gasteiger partial charge in [0.1, 0.15) is 5.82 Å². The number of fused-ring (bicyclic) bond motifs is 1. The van der Waals surface area contributed by atoms with Crippen LogP contribution in [0.15, 0.2) is 24.3 Å². The smallest absolute Gasteiger partial charge is 0.166 e. The number of hydrogen-bond acceptors (Lipinski definition) is 3. The van der Waals surface area contributed by atoms with Crippen molar-refractivity contribution in [1.82, 2.24) is 4.98 Å². The van der Waals surface area contributed by atoms with Gasteiger partial charge < -0.3 is 10.8 Å². The first-order valence-electron chi connectivity index (χ1n) is 3.71. The Morgan fingerprint density at radius 3 is 2.85 bits per heavy atom. The van der Waals surface area contributed by atoms with E-state index in [1.807, 2.05) is 0 Å². The van der Waals surface area contributed by atoms with Gasteiger partial charge in [-0.15, -0.1) is 0 Å². The summed E-state index contributed by atoms with van der Waals surface area (Å²) in [5.74, 6) is -0.435. The minimum absolute atomic E-state index is 0.0547. The molecular formula is C9H7FN2O. The monoisotopic (exact) mass is 178 g/mol. The van der Waals surface area contributed by atoms with E-state index in [0.29, 0.717) is 10.9 Å². The number of benzene rings is 1. The molecule has 2 rings (SSSR count). The first-order chi connectivity index (χ1) is 6.16. The fourth-order valence-electron chi connectivity index (χ4n) is 1.15. The van der Waals surface area contributed by atoms with Crippen LogP contribution in [-0.4, -0.2) is 10.1 Å². The summed E-state index contributed by atoms with van der Waals surface area (Å²) in [5, 5.41) is 9.73. The molecule has 13 heavy (non-hydrogen) atoms. The van der Waals surface area contributed by atoms with Crippen LogP contribution in [0.5, 0.6) is 5.75 Å². The number of nitrogen functional groups attached to an aromatic ring is 1. The molecule has 3 N–H and O–H groups in total. The van der Waals surface area contributed by atoms with Gasteiger partial charge in [0.05, 0.1) is 5.52 Å². The number of halogens is 1. The predicted octanol–water partition coefficient (Wildman–Crippen LogP) is 1.66. The van der Waals surface area contributed by atoms with Crippen LogP contribution < -0.4 is 5.73 Å². The molecule has 0 amide bonds. The Labute approximate surface area is 73.6 Å². The number of hydrogen-bond donors (Lipinski definition) is 2. The van der Waals surface area contributed by atoms with Crippen LogP contribution in [0.1, 0.15) is 0 Å². The summed E-state index contributed by atoms with van der Waals surface area (Å²) in [7, 11) is 0. The molecule has 1 aromatic heterocycles. The molecule has 0 aliphatic heterocycles. The molecule has 0 bridgehead atoms. The van der Waals surface area contributed by atoms with Crippen LogP contribution in [0.4, 0.5) is 10.2 Å². The molecule has 0 aliphatic carbocycles. The molecule has 0 radical (unpaired) electrons. The largest absolute Gasteiger partial charge is 0.504 e. The average Bonchev–Trinajstić information content (AvgIpc) is 2.08. The number of rotatable bonds is 0. The lowest BCUT2D eigenvalue weighted by Gasteiger charge is -2.00. The Bertz CT molecular complexity index is 470. The van der Waals surface area contributed by atoms with Gasteiger partial charge in [-0.25, -0.2) is 9.37 Å². The molecule has 0 saturated carbocycles. The predicted molar refractivity (Wildman–Crippen MR) is 47.8 cm³/mol. The van der Waals surface area contributed by atoms with E-state index in [2.05, 4.69) is 4.98 Å². The SMILES string of the molecule is Nc1nc2ccc(F)cc2cc1O. The highest BCUT2D eigenvalue weighted by Crippen LogP contribution is 2.23. The van der Waals surface area contributed by atoms with Crippen molar-refractivity contribution in [3.05, 3.63) is 30.1 Å². The van der Waals surface area contributed by atoms with Crippen LogP contribution in [0, 0.1) is 5.82 Å². The molecule has 0 saturated heterocycles. The van der Waals surface area contributed by atoms with Gasteiger partial charge in [-0.05, 0) is 24.3 Å². The quantitative estimate of drug-likeness (QED) is 0.645. The fourth-order valence-corrected chi connectivity index (χ4v) is 1.15. The molecule has 66 valence electrons. The molecule has 2 aromatic rings. The van der Waals surface area contributed by atoms with Crippen molar-refractivity contribution in [1.29, 1.82) is 0 Å². The van der Waals surface area contributed by atoms with Crippen LogP contribution in [0.25, 0.3) is 10.9 Å². The zero-order chi connectivity index (χ0) is 9.42. The fraction of sp³-hybridized carbons (Fsp3) is 0. The van der Waals surface area contributed by atoms with Crippen molar-refractivity contribution in [3.8, 4) is 5.75 Å². The summed E-state index contributed by atoms with van der Waals surface area (Å²) in [6.07, 6.45) is 0. The average molecular weight is 178 g/mol. The minimum Gasteiger partial charge on any atom is -0.504 e. The number of nitrogens with zero attached hydrogens (tertiary/aromatic N) is 1. The normalized spacial score (nSPS) is 10.5. The standard InChI is InChI=1S/C9H7FN2O/c10-6-1-2-7-5(3-6)4-8(13)9(11)12-7/h1-4,13H,(H2,11,12). The Balaban J connectivity index is 2.81. The number of pyridine rings is 1. The second-order valence-corrected chi connectivity index (χ2v) is 2.73. The maximum absolute atomic E-state index is 12.7. The number of aromatic hydroxyl groups is 1. The van der Waals surface area contributed by atoms with Crippen LogP contribution in [-0.2, 0) is 0 Å². The molecule has 1 heterocycles. The minimum atomic E-state index is -0.363. The zero-order valence-corrected chi connectivity index (χ0v) is 6.66. The second-order valence-electron chi connectivity index (χ2n) is 2.73. The Morgan fingerprint density at radius 2 is 2.08 bits per heavy atom. The van der Waals surface area contributed by atoms with E-state index < -0.39 is 0 Å². The Morgan fingerprint density at radius 1 is 1.31 bits per heavy atom. The molecule has 1 aromatic carbocycles. The summed E-state index contributed by atoms with van der Waals surface area (Å²) >= 11 is 0. The summed E-state index contributed by atoms with van der Waals surface area (Å²) in [4.78, 5) is 3.88. The van der Waals surface area contributed by atoms with Gasteiger partial charge in [-0.3, -0.25) is 0 Å². The van der Waals surface area contributed by atoms with Crippen LogP contribution in [0.2, 0.25) is 0 Å². The summed E-state index contributed by atoms with van der Waals surface area (Å²) in [5.41, 5.74) is 5.94. The van der Waals surface area contributed by atoms with E-state index in [4.69, 9.17) is 5.73 Å². The molecular weight excluding hydrogens is 171 g/mol. The highest BCUT2D eigenvalue weighted by molar-refractivity contribution is 5.82.